The molecule has 2 nitrogen and oxygen atoms in total. The Morgan fingerprint density at radius 1 is 2.00 bits per heavy atom. The van der Waals surface area contributed by atoms with E-state index in [0.29, 0.717) is 5.75 Å². The quantitative estimate of drug-likeness (QED) is 0.447. The summed E-state index contributed by atoms with van der Waals surface area (Å²) in [6.45, 7) is 1.54. The van der Waals surface area contributed by atoms with Gasteiger partial charge in [0.2, 0.25) is 0 Å². The van der Waals surface area contributed by atoms with Crippen molar-refractivity contribution in [1.82, 2.24) is 5.09 Å². The van der Waals surface area contributed by atoms with E-state index in [4.69, 9.17) is 0 Å². The van der Waals surface area contributed by atoms with Gasteiger partial charge in [-0.05, 0) is 6.92 Å². The van der Waals surface area contributed by atoms with E-state index < -0.39 is 0 Å². The normalized spacial score (nSPS) is 13.4. The Kier molecular flexibility index (Phi) is 4.53. The van der Waals surface area contributed by atoms with E-state index >= 15 is 0 Å². The van der Waals surface area contributed by atoms with Gasteiger partial charge >= 0.3 is 0 Å². The van der Waals surface area contributed by atoms with Crippen molar-refractivity contribution < 1.29 is 4.79 Å². The van der Waals surface area contributed by atoms with Gasteiger partial charge < -0.3 is 0 Å². The number of carbonyl (C=O) groups is 1. The van der Waals surface area contributed by atoms with E-state index in [1.165, 1.54) is 6.92 Å². The third-order valence-electron chi connectivity index (χ3n) is 0.874. The van der Waals surface area contributed by atoms with Crippen molar-refractivity contribution in [2.45, 2.75) is 13.0 Å². The predicted octanol–water partition coefficient (Wildman–Crippen LogP) is 0.253. The number of hydrogen-bond donors (Lipinski definition) is 2. The molecular formula is C4H10NOPS. The second kappa shape index (κ2) is 4.30. The van der Waals surface area contributed by atoms with Crippen LogP contribution in [0.3, 0.4) is 0 Å². The van der Waals surface area contributed by atoms with Gasteiger partial charge in [0.05, 0.1) is 6.04 Å². The summed E-state index contributed by atoms with van der Waals surface area (Å²) in [5.41, 5.74) is 0. The van der Waals surface area contributed by atoms with E-state index in [2.05, 4.69) is 27.1 Å². The summed E-state index contributed by atoms with van der Waals surface area (Å²) in [4.78, 5) is 10.5. The van der Waals surface area contributed by atoms with Crippen LogP contribution in [0.5, 0.6) is 0 Å². The minimum Gasteiger partial charge on any atom is -0.298 e. The Morgan fingerprint density at radius 3 is 2.50 bits per heavy atom. The highest BCUT2D eigenvalue weighted by atomic mass is 32.1. The fourth-order valence-electron chi connectivity index (χ4n) is 0.299. The highest BCUT2D eigenvalue weighted by molar-refractivity contribution is 7.80. The largest absolute Gasteiger partial charge is 0.298 e. The smallest absolute Gasteiger partial charge is 0.147 e. The first-order valence-corrected chi connectivity index (χ1v) is 3.50. The zero-order valence-electron chi connectivity index (χ0n) is 4.72. The monoisotopic (exact) mass is 151 g/mol. The van der Waals surface area contributed by atoms with Crippen LogP contribution < -0.4 is 5.09 Å². The number of thiol groups is 1. The summed E-state index contributed by atoms with van der Waals surface area (Å²) in [5.74, 6) is 0.675. The SMILES string of the molecule is CC(=O)C(CS)NP. The van der Waals surface area contributed by atoms with E-state index in [-0.39, 0.29) is 11.8 Å². The van der Waals surface area contributed by atoms with E-state index in [1.54, 1.807) is 0 Å². The molecule has 0 spiro atoms. The van der Waals surface area contributed by atoms with Crippen molar-refractivity contribution in [2.75, 3.05) is 5.75 Å². The third kappa shape index (κ3) is 2.65. The third-order valence-corrected chi connectivity index (χ3v) is 1.64. The van der Waals surface area contributed by atoms with Crippen LogP contribution in [0, 0.1) is 0 Å². The molecule has 0 radical (unpaired) electrons. The molecule has 0 rings (SSSR count). The average Bonchev–Trinajstić information content (AvgIpc) is 1.69. The fraction of sp³-hybridized carbons (Fsp3) is 0.750. The molecule has 0 heterocycles. The molecule has 1 N–H and O–H groups in total. The number of carbonyl (C=O) groups excluding carboxylic acids is 1. The molecule has 0 aliphatic carbocycles. The number of hydrogen-bond acceptors (Lipinski definition) is 3. The Bertz CT molecular complexity index is 84.1. The lowest BCUT2D eigenvalue weighted by molar-refractivity contribution is -0.118. The Morgan fingerprint density at radius 2 is 2.50 bits per heavy atom. The van der Waals surface area contributed by atoms with Crippen molar-refractivity contribution in [1.29, 1.82) is 0 Å². The molecule has 2 atom stereocenters. The van der Waals surface area contributed by atoms with Crippen molar-refractivity contribution in [3.8, 4) is 0 Å². The van der Waals surface area contributed by atoms with Crippen molar-refractivity contribution in [3.63, 3.8) is 0 Å². The summed E-state index contributed by atoms with van der Waals surface area (Å²) in [6, 6.07) is -0.108. The van der Waals surface area contributed by atoms with Gasteiger partial charge in [0, 0.05) is 5.75 Å². The van der Waals surface area contributed by atoms with Crippen molar-refractivity contribution in [2.24, 2.45) is 0 Å². The summed E-state index contributed by atoms with van der Waals surface area (Å²) in [6.07, 6.45) is 0. The molecule has 0 aromatic heterocycles. The van der Waals surface area contributed by atoms with E-state index in [9.17, 15) is 4.79 Å². The summed E-state index contributed by atoms with van der Waals surface area (Å²) < 4.78 is 0. The highest BCUT2D eigenvalue weighted by Crippen LogP contribution is 1.90. The molecular weight excluding hydrogens is 141 g/mol. The average molecular weight is 151 g/mol. The number of nitrogens with one attached hydrogen (secondary N) is 1. The lowest BCUT2D eigenvalue weighted by Crippen LogP contribution is -2.29. The van der Waals surface area contributed by atoms with Crippen LogP contribution in [0.15, 0.2) is 0 Å². The summed E-state index contributed by atoms with van der Waals surface area (Å²) in [7, 11) is 2.29. The molecule has 0 aliphatic rings. The molecule has 8 heavy (non-hydrogen) atoms. The minimum atomic E-state index is -0.108. The van der Waals surface area contributed by atoms with Crippen LogP contribution in [0.2, 0.25) is 0 Å². The lowest BCUT2D eigenvalue weighted by Gasteiger charge is -2.06. The van der Waals surface area contributed by atoms with Gasteiger partial charge in [-0.3, -0.25) is 9.88 Å². The second-order valence-electron chi connectivity index (χ2n) is 1.51. The molecule has 0 bridgehead atoms. The van der Waals surface area contributed by atoms with Gasteiger partial charge in [-0.25, -0.2) is 0 Å². The first kappa shape index (κ1) is 8.41. The molecule has 4 heteroatoms. The molecule has 0 aromatic carbocycles. The van der Waals surface area contributed by atoms with Gasteiger partial charge in [-0.15, -0.1) is 0 Å². The number of rotatable bonds is 3. The molecule has 0 aromatic rings. The zero-order chi connectivity index (χ0) is 6.57. The Labute approximate surface area is 57.1 Å². The van der Waals surface area contributed by atoms with Crippen molar-refractivity contribution >= 4 is 27.8 Å². The maximum Gasteiger partial charge on any atom is 0.147 e. The van der Waals surface area contributed by atoms with Crippen LogP contribution in [-0.4, -0.2) is 17.6 Å². The molecule has 2 unspecified atom stereocenters. The van der Waals surface area contributed by atoms with Gasteiger partial charge in [0.25, 0.3) is 0 Å². The fourth-order valence-corrected chi connectivity index (χ4v) is 1.21. The Hall–Kier alpha value is 0.410. The molecule has 0 aliphatic heterocycles. The first-order chi connectivity index (χ1) is 3.72. The van der Waals surface area contributed by atoms with Gasteiger partial charge in [0.1, 0.15) is 5.78 Å². The topological polar surface area (TPSA) is 29.1 Å². The van der Waals surface area contributed by atoms with Gasteiger partial charge in [0.15, 0.2) is 0 Å². The van der Waals surface area contributed by atoms with E-state index in [1.807, 2.05) is 0 Å². The first-order valence-electron chi connectivity index (χ1n) is 2.29. The molecule has 0 amide bonds. The zero-order valence-corrected chi connectivity index (χ0v) is 6.77. The van der Waals surface area contributed by atoms with E-state index in [0.717, 1.165) is 0 Å². The second-order valence-corrected chi connectivity index (χ2v) is 2.21. The highest BCUT2D eigenvalue weighted by Gasteiger charge is 2.06. The number of Topliss-reactive ketones (excluding diaryl/α,β-unsaturated/α-hetero) is 1. The van der Waals surface area contributed by atoms with Gasteiger partial charge in [-0.1, -0.05) is 9.39 Å². The molecule has 48 valence electrons. The molecule has 0 fully saturated rings. The molecule has 0 saturated heterocycles. The minimum absolute atomic E-state index is 0.108. The van der Waals surface area contributed by atoms with Crippen LogP contribution in [0.25, 0.3) is 0 Å². The van der Waals surface area contributed by atoms with Crippen LogP contribution in [0.1, 0.15) is 6.92 Å². The van der Waals surface area contributed by atoms with Crippen LogP contribution in [0.4, 0.5) is 0 Å². The van der Waals surface area contributed by atoms with Gasteiger partial charge in [-0.2, -0.15) is 12.6 Å². The van der Waals surface area contributed by atoms with Crippen LogP contribution in [-0.2, 0) is 4.79 Å². The summed E-state index contributed by atoms with van der Waals surface area (Å²) in [5, 5.41) is 2.74. The lowest BCUT2D eigenvalue weighted by atomic mass is 10.3. The molecule has 0 saturated carbocycles. The maximum absolute atomic E-state index is 10.5. The number of ketones is 1. The standard InChI is InChI=1S/C4H10NOPS/c1-3(6)4(2-8)5-7/h4-5,8H,2,7H2,1H3. The Balaban J connectivity index is 3.52. The predicted molar refractivity (Wildman–Crippen MR) is 41.2 cm³/mol. The summed E-state index contributed by atoms with van der Waals surface area (Å²) >= 11 is 3.94. The maximum atomic E-state index is 10.5. The van der Waals surface area contributed by atoms with Crippen LogP contribution >= 0.6 is 22.0 Å². The van der Waals surface area contributed by atoms with Crippen molar-refractivity contribution in [3.05, 3.63) is 0 Å².